The maximum Gasteiger partial charge on any atom is 0.212 e. The number of aromatic nitrogens is 1. The second kappa shape index (κ2) is 3.49. The van der Waals surface area contributed by atoms with Crippen LogP contribution in [0.2, 0.25) is 0 Å². The molecule has 0 aliphatic heterocycles. The predicted octanol–water partition coefficient (Wildman–Crippen LogP) is 1.48. The third-order valence-electron chi connectivity index (χ3n) is 1.93. The summed E-state index contributed by atoms with van der Waals surface area (Å²) in [5.74, 6) is 1.02. The second-order valence-corrected chi connectivity index (χ2v) is 5.51. The number of hydrogen-bond donors (Lipinski definition) is 0. The summed E-state index contributed by atoms with van der Waals surface area (Å²) in [7, 11) is -3.09. The number of oxazole rings is 1. The topological polar surface area (TPSA) is 60.2 Å². The van der Waals surface area contributed by atoms with Crippen LogP contribution in [-0.4, -0.2) is 19.2 Å². The molecule has 0 aliphatic rings. The van der Waals surface area contributed by atoms with E-state index in [1.54, 1.807) is 20.8 Å². The Morgan fingerprint density at radius 3 is 2.62 bits per heavy atom. The lowest BCUT2D eigenvalue weighted by molar-refractivity contribution is 0.464. The van der Waals surface area contributed by atoms with E-state index in [1.807, 2.05) is 0 Å². The minimum Gasteiger partial charge on any atom is -0.445 e. The van der Waals surface area contributed by atoms with E-state index >= 15 is 0 Å². The highest BCUT2D eigenvalue weighted by Crippen LogP contribution is 2.21. The molecule has 1 unspecified atom stereocenters. The lowest BCUT2D eigenvalue weighted by atomic mass is 10.5. The highest BCUT2D eigenvalue weighted by molar-refractivity contribution is 7.91. The highest BCUT2D eigenvalue weighted by atomic mass is 32.2. The molecule has 0 radical (unpaired) electrons. The number of rotatable bonds is 3. The van der Waals surface area contributed by atoms with Gasteiger partial charge in [-0.15, -0.1) is 0 Å². The first-order valence-corrected chi connectivity index (χ1v) is 5.82. The molecule has 1 rings (SSSR count). The summed E-state index contributed by atoms with van der Waals surface area (Å²) in [6, 6.07) is 0. The monoisotopic (exact) mass is 203 g/mol. The van der Waals surface area contributed by atoms with E-state index in [0.717, 1.165) is 0 Å². The van der Waals surface area contributed by atoms with E-state index in [9.17, 15) is 8.42 Å². The molecule has 1 aromatic rings. The van der Waals surface area contributed by atoms with Crippen LogP contribution in [0.3, 0.4) is 0 Å². The molecule has 4 nitrogen and oxygen atoms in total. The van der Waals surface area contributed by atoms with Crippen LogP contribution < -0.4 is 0 Å². The smallest absolute Gasteiger partial charge is 0.212 e. The lowest BCUT2D eigenvalue weighted by Crippen LogP contribution is -2.12. The molecule has 0 saturated heterocycles. The van der Waals surface area contributed by atoms with Crippen molar-refractivity contribution in [1.82, 2.24) is 4.98 Å². The van der Waals surface area contributed by atoms with Gasteiger partial charge in [-0.1, -0.05) is 6.92 Å². The van der Waals surface area contributed by atoms with Gasteiger partial charge in [0.25, 0.3) is 0 Å². The van der Waals surface area contributed by atoms with E-state index in [4.69, 9.17) is 4.42 Å². The number of nitrogens with zero attached hydrogens (tertiary/aromatic N) is 1. The van der Waals surface area contributed by atoms with Crippen LogP contribution in [0, 0.1) is 6.92 Å². The molecule has 1 aromatic heterocycles. The first-order valence-electron chi connectivity index (χ1n) is 4.11. The standard InChI is InChI=1S/C8H13NO3S/c1-4-13(10,11)7(3)8-9-5-6(2)12-8/h5,7H,4H2,1-3H3. The Balaban J connectivity index is 2.98. The summed E-state index contributed by atoms with van der Waals surface area (Å²) in [6.45, 7) is 4.94. The van der Waals surface area contributed by atoms with Crippen LogP contribution in [-0.2, 0) is 9.84 Å². The van der Waals surface area contributed by atoms with Crippen molar-refractivity contribution in [3.05, 3.63) is 17.8 Å². The van der Waals surface area contributed by atoms with Crippen LogP contribution in [0.4, 0.5) is 0 Å². The third kappa shape index (κ3) is 2.09. The average Bonchev–Trinajstić information content (AvgIpc) is 2.50. The fourth-order valence-corrected chi connectivity index (χ4v) is 1.88. The van der Waals surface area contributed by atoms with Crippen molar-refractivity contribution in [1.29, 1.82) is 0 Å². The van der Waals surface area contributed by atoms with Crippen LogP contribution in [0.5, 0.6) is 0 Å². The van der Waals surface area contributed by atoms with Crippen LogP contribution in [0.1, 0.15) is 30.7 Å². The Kier molecular flexibility index (Phi) is 2.75. The zero-order valence-corrected chi connectivity index (χ0v) is 8.76. The van der Waals surface area contributed by atoms with Gasteiger partial charge in [0.15, 0.2) is 9.84 Å². The van der Waals surface area contributed by atoms with Crippen molar-refractivity contribution >= 4 is 9.84 Å². The van der Waals surface area contributed by atoms with Gasteiger partial charge in [-0.2, -0.15) is 0 Å². The zero-order chi connectivity index (χ0) is 10.1. The van der Waals surface area contributed by atoms with Crippen molar-refractivity contribution in [3.8, 4) is 0 Å². The maximum atomic E-state index is 11.4. The van der Waals surface area contributed by atoms with Gasteiger partial charge in [0.2, 0.25) is 5.89 Å². The van der Waals surface area contributed by atoms with Gasteiger partial charge >= 0.3 is 0 Å². The van der Waals surface area contributed by atoms with Crippen molar-refractivity contribution in [2.24, 2.45) is 0 Å². The van der Waals surface area contributed by atoms with Gasteiger partial charge in [-0.3, -0.25) is 0 Å². The fraction of sp³-hybridized carbons (Fsp3) is 0.625. The molecule has 74 valence electrons. The second-order valence-electron chi connectivity index (χ2n) is 2.90. The summed E-state index contributed by atoms with van der Waals surface area (Å²) in [5, 5.41) is -0.647. The van der Waals surface area contributed by atoms with E-state index < -0.39 is 15.1 Å². The van der Waals surface area contributed by atoms with Crippen molar-refractivity contribution in [2.75, 3.05) is 5.75 Å². The first-order chi connectivity index (χ1) is 5.97. The van der Waals surface area contributed by atoms with Crippen LogP contribution in [0.15, 0.2) is 10.6 Å². The van der Waals surface area contributed by atoms with Crippen molar-refractivity contribution in [3.63, 3.8) is 0 Å². The molecule has 0 saturated carbocycles. The van der Waals surface area contributed by atoms with E-state index in [0.29, 0.717) is 5.76 Å². The molecule has 13 heavy (non-hydrogen) atoms. The summed E-state index contributed by atoms with van der Waals surface area (Å²) in [6.07, 6.45) is 1.52. The highest BCUT2D eigenvalue weighted by Gasteiger charge is 2.24. The molecular weight excluding hydrogens is 190 g/mol. The Bertz CT molecular complexity index is 380. The zero-order valence-electron chi connectivity index (χ0n) is 7.94. The van der Waals surface area contributed by atoms with Gasteiger partial charge in [0, 0.05) is 5.75 Å². The molecule has 0 amide bonds. The third-order valence-corrected chi connectivity index (χ3v) is 4.01. The molecule has 0 N–H and O–H groups in total. The molecule has 0 spiro atoms. The molecule has 0 aromatic carbocycles. The Labute approximate surface area is 77.9 Å². The van der Waals surface area contributed by atoms with Crippen molar-refractivity contribution in [2.45, 2.75) is 26.0 Å². The summed E-state index contributed by atoms with van der Waals surface area (Å²) in [4.78, 5) is 3.88. The normalized spacial score (nSPS) is 14.4. The fourth-order valence-electron chi connectivity index (χ4n) is 0.964. The average molecular weight is 203 g/mol. The van der Waals surface area contributed by atoms with E-state index in [2.05, 4.69) is 4.98 Å². The molecule has 5 heteroatoms. The molecule has 0 fully saturated rings. The van der Waals surface area contributed by atoms with E-state index in [1.165, 1.54) is 6.20 Å². The van der Waals surface area contributed by atoms with Crippen LogP contribution >= 0.6 is 0 Å². The quantitative estimate of drug-likeness (QED) is 0.746. The van der Waals surface area contributed by atoms with E-state index in [-0.39, 0.29) is 11.6 Å². The van der Waals surface area contributed by atoms with Crippen LogP contribution in [0.25, 0.3) is 0 Å². The first kappa shape index (κ1) is 10.2. The largest absolute Gasteiger partial charge is 0.445 e. The summed E-state index contributed by atoms with van der Waals surface area (Å²) in [5.41, 5.74) is 0. The van der Waals surface area contributed by atoms with Gasteiger partial charge in [0.1, 0.15) is 11.0 Å². The van der Waals surface area contributed by atoms with Gasteiger partial charge < -0.3 is 4.42 Å². The Morgan fingerprint density at radius 1 is 1.62 bits per heavy atom. The Hall–Kier alpha value is -0.840. The predicted molar refractivity (Wildman–Crippen MR) is 49.1 cm³/mol. The van der Waals surface area contributed by atoms with Gasteiger partial charge in [0.05, 0.1) is 6.20 Å². The molecule has 1 heterocycles. The minimum absolute atomic E-state index is 0.107. The molecule has 0 aliphatic carbocycles. The van der Waals surface area contributed by atoms with Gasteiger partial charge in [-0.25, -0.2) is 13.4 Å². The number of hydrogen-bond acceptors (Lipinski definition) is 4. The number of sulfone groups is 1. The summed E-state index contributed by atoms with van der Waals surface area (Å²) < 4.78 is 28.0. The lowest BCUT2D eigenvalue weighted by Gasteiger charge is -2.06. The number of aryl methyl sites for hydroxylation is 1. The van der Waals surface area contributed by atoms with Crippen molar-refractivity contribution < 1.29 is 12.8 Å². The molecule has 1 atom stereocenters. The van der Waals surface area contributed by atoms with Gasteiger partial charge in [-0.05, 0) is 13.8 Å². The minimum atomic E-state index is -3.09. The Morgan fingerprint density at radius 2 is 2.23 bits per heavy atom. The molecule has 0 bridgehead atoms. The summed E-state index contributed by atoms with van der Waals surface area (Å²) >= 11 is 0. The SMILES string of the molecule is CCS(=O)(=O)C(C)c1ncc(C)o1. The molecular formula is C8H13NO3S. The maximum absolute atomic E-state index is 11.4.